The number of hydrogen-bond donors (Lipinski definition) is 3. The molecule has 2 bridgehead atoms. The van der Waals surface area contributed by atoms with E-state index in [0.29, 0.717) is 19.4 Å². The van der Waals surface area contributed by atoms with Gasteiger partial charge in [0, 0.05) is 34.5 Å². The minimum absolute atomic E-state index is 0. The van der Waals surface area contributed by atoms with E-state index in [-0.39, 0.29) is 64.9 Å². The average Bonchev–Trinajstić information content (AvgIpc) is 3.24. The van der Waals surface area contributed by atoms with E-state index in [0.717, 1.165) is 19.3 Å². The molecule has 3 saturated carbocycles. The van der Waals surface area contributed by atoms with Gasteiger partial charge in [-0.25, -0.2) is 0 Å². The van der Waals surface area contributed by atoms with Gasteiger partial charge in [0.05, 0.1) is 17.9 Å². The van der Waals surface area contributed by atoms with E-state index in [1.54, 1.807) is 0 Å². The van der Waals surface area contributed by atoms with Crippen LogP contribution in [0.3, 0.4) is 0 Å². The van der Waals surface area contributed by atoms with Gasteiger partial charge in [-0.3, -0.25) is 14.4 Å². The van der Waals surface area contributed by atoms with Crippen molar-refractivity contribution < 1.29 is 24.2 Å². The molecular formula is C31H53ClN2O5S. The van der Waals surface area contributed by atoms with E-state index in [2.05, 4.69) is 32.7 Å². The van der Waals surface area contributed by atoms with Gasteiger partial charge in [0.15, 0.2) is 0 Å². The predicted octanol–water partition coefficient (Wildman–Crippen LogP) is 4.93. The van der Waals surface area contributed by atoms with Gasteiger partial charge in [0.1, 0.15) is 11.9 Å². The molecule has 9 atom stereocenters. The molecule has 7 unspecified atom stereocenters. The van der Waals surface area contributed by atoms with E-state index >= 15 is 0 Å². The van der Waals surface area contributed by atoms with Crippen molar-refractivity contribution in [1.82, 2.24) is 5.32 Å². The van der Waals surface area contributed by atoms with Gasteiger partial charge < -0.3 is 20.9 Å². The summed E-state index contributed by atoms with van der Waals surface area (Å²) in [4.78, 5) is 39.2. The lowest BCUT2D eigenvalue weighted by Gasteiger charge is -2.61. The van der Waals surface area contributed by atoms with Crippen molar-refractivity contribution in [3.8, 4) is 0 Å². The van der Waals surface area contributed by atoms with Crippen molar-refractivity contribution in [3.05, 3.63) is 12.7 Å². The highest BCUT2D eigenvalue weighted by molar-refractivity contribution is 8.01. The molecule has 0 aromatic carbocycles. The molecule has 9 heteroatoms. The molecule has 230 valence electrons. The first-order valence-corrected chi connectivity index (χ1v) is 15.6. The lowest BCUT2D eigenvalue weighted by molar-refractivity contribution is -0.205. The Kier molecular flexibility index (Phi) is 11.1. The second kappa shape index (κ2) is 12.6. The van der Waals surface area contributed by atoms with E-state index in [4.69, 9.17) is 10.5 Å². The summed E-state index contributed by atoms with van der Waals surface area (Å²) in [5.41, 5.74) is 4.49. The van der Waals surface area contributed by atoms with Crippen LogP contribution >= 0.6 is 24.2 Å². The molecule has 0 heterocycles. The highest BCUT2D eigenvalue weighted by Crippen LogP contribution is 2.68. The lowest BCUT2D eigenvalue weighted by atomic mass is 9.44. The SMILES string of the molecule is C=C[C@]1(C)CC(OC(=O)CSC(C)(C)CNC(=O)C(N)C(C)C)C2(C)C(C)CCC3(CCC(=O)[C@@H]32)C(C)C1O.Cl. The highest BCUT2D eigenvalue weighted by atomic mass is 35.5. The van der Waals surface area contributed by atoms with E-state index in [9.17, 15) is 19.5 Å². The number of hydrogen-bond acceptors (Lipinski definition) is 7. The van der Waals surface area contributed by atoms with Crippen molar-refractivity contribution in [1.29, 1.82) is 0 Å². The number of ether oxygens (including phenoxy) is 1. The number of esters is 1. The Bertz CT molecular complexity index is 975. The largest absolute Gasteiger partial charge is 0.461 e. The summed E-state index contributed by atoms with van der Waals surface area (Å²) in [7, 11) is 0. The lowest BCUT2D eigenvalue weighted by Crippen LogP contribution is -2.63. The van der Waals surface area contributed by atoms with Crippen LogP contribution in [-0.2, 0) is 19.1 Å². The van der Waals surface area contributed by atoms with Gasteiger partial charge in [-0.1, -0.05) is 47.6 Å². The molecule has 7 nitrogen and oxygen atoms in total. The molecule has 3 fully saturated rings. The fraction of sp³-hybridized carbons (Fsp3) is 0.839. The summed E-state index contributed by atoms with van der Waals surface area (Å²) in [6, 6.07) is -0.573. The van der Waals surface area contributed by atoms with Crippen LogP contribution in [0, 0.1) is 39.9 Å². The number of Topliss-reactive ketones (excluding diaryl/α,β-unsaturated/α-hetero) is 1. The second-order valence-corrected chi connectivity index (χ2v) is 15.8. The van der Waals surface area contributed by atoms with Crippen molar-refractivity contribution in [2.24, 2.45) is 45.7 Å². The molecular weight excluding hydrogens is 548 g/mol. The zero-order valence-corrected chi connectivity index (χ0v) is 27.4. The third-order valence-electron chi connectivity index (χ3n) is 10.9. The minimum atomic E-state index is -0.684. The van der Waals surface area contributed by atoms with Crippen LogP contribution in [0.15, 0.2) is 12.7 Å². The van der Waals surface area contributed by atoms with Gasteiger partial charge >= 0.3 is 5.97 Å². The van der Waals surface area contributed by atoms with Gasteiger partial charge in [-0.2, -0.15) is 0 Å². The first-order valence-electron chi connectivity index (χ1n) is 14.7. The fourth-order valence-electron chi connectivity index (χ4n) is 7.72. The third-order valence-corrected chi connectivity index (χ3v) is 12.2. The number of rotatable bonds is 9. The molecule has 4 N–H and O–H groups in total. The third kappa shape index (κ3) is 6.30. The van der Waals surface area contributed by atoms with Crippen LogP contribution in [0.1, 0.15) is 87.5 Å². The Hall–Kier alpha value is -1.09. The molecule has 1 amide bonds. The summed E-state index contributed by atoms with van der Waals surface area (Å²) >= 11 is 1.43. The van der Waals surface area contributed by atoms with Crippen molar-refractivity contribution in [3.63, 3.8) is 0 Å². The van der Waals surface area contributed by atoms with Gasteiger partial charge in [-0.15, -0.1) is 30.7 Å². The number of carbonyl (C=O) groups is 3. The van der Waals surface area contributed by atoms with Crippen LogP contribution in [0.4, 0.5) is 0 Å². The normalized spacial score (nSPS) is 38.4. The Labute approximate surface area is 252 Å². The first kappa shape index (κ1) is 35.1. The molecule has 0 aromatic rings. The Morgan fingerprint density at radius 1 is 1.27 bits per heavy atom. The van der Waals surface area contributed by atoms with E-state index in [1.807, 2.05) is 40.7 Å². The molecule has 3 aliphatic rings. The average molecular weight is 601 g/mol. The number of nitrogens with two attached hydrogens (primary N) is 1. The maximum Gasteiger partial charge on any atom is 0.316 e. The standard InChI is InChI=1S/C31H52N2O5S.ClH/c1-10-29(8)15-22(38-23(35)16-39-28(6,7)17-33-27(37)24(32)18(2)3)30(9)19(4)11-13-31(20(5)26(29)36)14-12-21(34)25(30)31;/h10,18-20,22,24-26,36H,1,11-17,32H2,2-9H3,(H,33,37);1H/t19?,20?,22?,24?,25-,26?,29-,30?,31?;/m1./s1. The summed E-state index contributed by atoms with van der Waals surface area (Å²) in [6.45, 7) is 20.7. The summed E-state index contributed by atoms with van der Waals surface area (Å²) in [6.07, 6.45) is 4.17. The summed E-state index contributed by atoms with van der Waals surface area (Å²) in [5.74, 6) is -0.243. The van der Waals surface area contributed by atoms with Gasteiger partial charge in [-0.05, 0) is 62.7 Å². The summed E-state index contributed by atoms with van der Waals surface area (Å²) < 4.78 is 5.92. The van der Waals surface area contributed by atoms with Crippen LogP contribution in [0.25, 0.3) is 0 Å². The number of carbonyl (C=O) groups excluding carboxylic acids is 3. The van der Waals surface area contributed by atoms with Crippen LogP contribution in [0.2, 0.25) is 0 Å². The summed E-state index contributed by atoms with van der Waals surface area (Å²) in [5, 5.41) is 14.6. The van der Waals surface area contributed by atoms with Crippen LogP contribution in [0.5, 0.6) is 0 Å². The maximum absolute atomic E-state index is 13.5. The molecule has 40 heavy (non-hydrogen) atoms. The fourth-order valence-corrected chi connectivity index (χ4v) is 8.47. The molecule has 0 spiro atoms. The number of thioether (sulfide) groups is 1. The van der Waals surface area contributed by atoms with Crippen LogP contribution in [-0.4, -0.2) is 58.1 Å². The second-order valence-electron chi connectivity index (χ2n) is 14.1. The Balaban J connectivity index is 0.00000560. The predicted molar refractivity (Wildman–Crippen MR) is 164 cm³/mol. The van der Waals surface area contributed by atoms with Crippen molar-refractivity contribution >= 4 is 41.8 Å². The molecule has 0 aromatic heterocycles. The number of halogens is 1. The Morgan fingerprint density at radius 2 is 1.90 bits per heavy atom. The molecule has 0 saturated heterocycles. The quantitative estimate of drug-likeness (QED) is 0.254. The number of ketones is 1. The first-order chi connectivity index (χ1) is 17.9. The number of aliphatic hydroxyl groups excluding tert-OH is 1. The number of nitrogens with one attached hydrogen (secondary N) is 1. The zero-order valence-electron chi connectivity index (χ0n) is 25.7. The minimum Gasteiger partial charge on any atom is -0.461 e. The van der Waals surface area contributed by atoms with Gasteiger partial charge in [0.2, 0.25) is 5.91 Å². The molecule has 0 radical (unpaired) electrons. The maximum atomic E-state index is 13.5. The van der Waals surface area contributed by atoms with E-state index in [1.165, 1.54) is 11.8 Å². The zero-order chi connectivity index (χ0) is 29.6. The van der Waals surface area contributed by atoms with Crippen molar-refractivity contribution in [2.75, 3.05) is 12.3 Å². The number of aliphatic hydroxyl groups is 1. The van der Waals surface area contributed by atoms with Gasteiger partial charge in [0.25, 0.3) is 0 Å². The Morgan fingerprint density at radius 3 is 2.48 bits per heavy atom. The molecule has 3 aliphatic carbocycles. The van der Waals surface area contributed by atoms with Crippen LogP contribution < -0.4 is 11.1 Å². The molecule has 0 aliphatic heterocycles. The smallest absolute Gasteiger partial charge is 0.316 e. The topological polar surface area (TPSA) is 119 Å². The molecule has 3 rings (SSSR count). The highest BCUT2D eigenvalue weighted by Gasteiger charge is 2.68. The van der Waals surface area contributed by atoms with E-state index < -0.39 is 33.8 Å². The number of amides is 1. The monoisotopic (exact) mass is 600 g/mol. The van der Waals surface area contributed by atoms with Crippen molar-refractivity contribution in [2.45, 2.75) is 110 Å².